The molecule has 0 spiro atoms. The number of nitrogens with zero attached hydrogens (tertiary/aromatic N) is 1. The Balaban J connectivity index is 2.08. The number of carbonyl (C=O) groups is 1. The summed E-state index contributed by atoms with van der Waals surface area (Å²) >= 11 is 0. The van der Waals surface area contributed by atoms with E-state index < -0.39 is 0 Å². The van der Waals surface area contributed by atoms with Gasteiger partial charge in [-0.1, -0.05) is 13.3 Å². The zero-order chi connectivity index (χ0) is 12.3. The highest BCUT2D eigenvalue weighted by molar-refractivity contribution is 5.94. The van der Waals surface area contributed by atoms with E-state index in [-0.39, 0.29) is 12.1 Å². The molecule has 1 aliphatic heterocycles. The quantitative estimate of drug-likeness (QED) is 0.839. The van der Waals surface area contributed by atoms with Crippen molar-refractivity contribution in [1.29, 1.82) is 0 Å². The summed E-state index contributed by atoms with van der Waals surface area (Å²) in [5.41, 5.74) is 2.01. The van der Waals surface area contributed by atoms with Crippen molar-refractivity contribution in [2.45, 2.75) is 25.8 Å². The summed E-state index contributed by atoms with van der Waals surface area (Å²) in [6.45, 7) is 2.90. The minimum atomic E-state index is 0.0145. The van der Waals surface area contributed by atoms with Gasteiger partial charge in [0.25, 0.3) is 0 Å². The molecule has 1 aromatic rings. The fraction of sp³-hybridized carbons (Fsp3) is 0.462. The van der Waals surface area contributed by atoms with Crippen molar-refractivity contribution in [2.24, 2.45) is 0 Å². The van der Waals surface area contributed by atoms with Crippen LogP contribution in [-0.2, 0) is 0 Å². The molecule has 2 rings (SSSR count). The SMILES string of the molecule is CCCC1CN(c2ccc(NC)cc2)C(=O)N1. The number of amides is 2. The Kier molecular flexibility index (Phi) is 3.52. The first kappa shape index (κ1) is 11.8. The predicted molar refractivity (Wildman–Crippen MR) is 70.6 cm³/mol. The molecular formula is C13H19N3O. The molecule has 1 fully saturated rings. The zero-order valence-corrected chi connectivity index (χ0v) is 10.4. The highest BCUT2D eigenvalue weighted by Crippen LogP contribution is 2.21. The van der Waals surface area contributed by atoms with Crippen LogP contribution in [0.5, 0.6) is 0 Å². The van der Waals surface area contributed by atoms with Gasteiger partial charge in [0.2, 0.25) is 0 Å². The van der Waals surface area contributed by atoms with Crippen molar-refractivity contribution in [3.8, 4) is 0 Å². The minimum Gasteiger partial charge on any atom is -0.388 e. The smallest absolute Gasteiger partial charge is 0.322 e. The molecule has 1 atom stereocenters. The molecule has 1 aliphatic rings. The molecule has 0 saturated carbocycles. The molecule has 0 aromatic heterocycles. The maximum absolute atomic E-state index is 11.8. The van der Waals surface area contributed by atoms with Gasteiger partial charge in [-0.05, 0) is 30.7 Å². The van der Waals surface area contributed by atoms with Gasteiger partial charge < -0.3 is 10.6 Å². The van der Waals surface area contributed by atoms with Crippen LogP contribution in [0.25, 0.3) is 0 Å². The van der Waals surface area contributed by atoms with Crippen LogP contribution >= 0.6 is 0 Å². The Bertz CT molecular complexity index is 388. The first-order valence-electron chi connectivity index (χ1n) is 6.10. The van der Waals surface area contributed by atoms with Gasteiger partial charge in [0.05, 0.1) is 0 Å². The van der Waals surface area contributed by atoms with Crippen LogP contribution in [0.15, 0.2) is 24.3 Å². The summed E-state index contributed by atoms with van der Waals surface area (Å²) in [6, 6.07) is 8.21. The van der Waals surface area contributed by atoms with E-state index in [2.05, 4.69) is 17.6 Å². The number of nitrogens with one attached hydrogen (secondary N) is 2. The number of urea groups is 1. The molecule has 17 heavy (non-hydrogen) atoms. The summed E-state index contributed by atoms with van der Waals surface area (Å²) in [5.74, 6) is 0. The van der Waals surface area contributed by atoms with Gasteiger partial charge >= 0.3 is 6.03 Å². The Labute approximate surface area is 102 Å². The van der Waals surface area contributed by atoms with Crippen molar-refractivity contribution in [2.75, 3.05) is 23.8 Å². The fourth-order valence-corrected chi connectivity index (χ4v) is 2.14. The van der Waals surface area contributed by atoms with E-state index in [4.69, 9.17) is 0 Å². The van der Waals surface area contributed by atoms with Gasteiger partial charge in [-0.2, -0.15) is 0 Å². The number of hydrogen-bond donors (Lipinski definition) is 2. The minimum absolute atomic E-state index is 0.0145. The molecule has 0 radical (unpaired) electrons. The lowest BCUT2D eigenvalue weighted by molar-refractivity contribution is 0.250. The zero-order valence-electron chi connectivity index (χ0n) is 10.4. The van der Waals surface area contributed by atoms with Crippen LogP contribution in [0, 0.1) is 0 Å². The first-order valence-corrected chi connectivity index (χ1v) is 6.10. The second-order valence-electron chi connectivity index (χ2n) is 4.34. The number of rotatable bonds is 4. The van der Waals surface area contributed by atoms with Crippen molar-refractivity contribution in [3.05, 3.63) is 24.3 Å². The normalized spacial score (nSPS) is 19.3. The van der Waals surface area contributed by atoms with Crippen LogP contribution in [0.3, 0.4) is 0 Å². The molecular weight excluding hydrogens is 214 g/mol. The third-order valence-corrected chi connectivity index (χ3v) is 3.08. The van der Waals surface area contributed by atoms with Crippen LogP contribution in [0.2, 0.25) is 0 Å². The maximum Gasteiger partial charge on any atom is 0.322 e. The van der Waals surface area contributed by atoms with Gasteiger partial charge in [0, 0.05) is 31.0 Å². The largest absolute Gasteiger partial charge is 0.388 e. The fourth-order valence-electron chi connectivity index (χ4n) is 2.14. The molecule has 2 N–H and O–H groups in total. The molecule has 4 heteroatoms. The summed E-state index contributed by atoms with van der Waals surface area (Å²) in [4.78, 5) is 13.6. The Morgan fingerprint density at radius 2 is 2.12 bits per heavy atom. The topological polar surface area (TPSA) is 44.4 Å². The molecule has 4 nitrogen and oxygen atoms in total. The van der Waals surface area contributed by atoms with Gasteiger partial charge in [0.1, 0.15) is 0 Å². The number of anilines is 2. The second kappa shape index (κ2) is 5.08. The molecule has 1 saturated heterocycles. The summed E-state index contributed by atoms with van der Waals surface area (Å²) < 4.78 is 0. The predicted octanol–water partition coefficient (Wildman–Crippen LogP) is 2.43. The van der Waals surface area contributed by atoms with Gasteiger partial charge in [-0.15, -0.1) is 0 Å². The first-order chi connectivity index (χ1) is 8.24. The summed E-state index contributed by atoms with van der Waals surface area (Å²) in [5, 5.41) is 6.07. The van der Waals surface area contributed by atoms with Gasteiger partial charge in [0.15, 0.2) is 0 Å². The number of benzene rings is 1. The Hall–Kier alpha value is -1.71. The van der Waals surface area contributed by atoms with E-state index in [0.29, 0.717) is 0 Å². The van der Waals surface area contributed by atoms with Crippen LogP contribution in [-0.4, -0.2) is 25.7 Å². The highest BCUT2D eigenvalue weighted by Gasteiger charge is 2.28. The van der Waals surface area contributed by atoms with Crippen LogP contribution in [0.4, 0.5) is 16.2 Å². The standard InChI is InChI=1S/C13H19N3O/c1-3-4-11-9-16(13(17)15-11)12-7-5-10(14-2)6-8-12/h5-8,11,14H,3-4,9H2,1-2H3,(H,15,17). The maximum atomic E-state index is 11.8. The Morgan fingerprint density at radius 1 is 1.41 bits per heavy atom. The van der Waals surface area contributed by atoms with E-state index in [1.165, 1.54) is 0 Å². The molecule has 1 heterocycles. The monoisotopic (exact) mass is 233 g/mol. The van der Waals surface area contributed by atoms with Crippen molar-refractivity contribution < 1.29 is 4.79 Å². The molecule has 0 bridgehead atoms. The average molecular weight is 233 g/mol. The molecule has 2 amide bonds. The third kappa shape index (κ3) is 2.52. The van der Waals surface area contributed by atoms with E-state index in [0.717, 1.165) is 30.8 Å². The van der Waals surface area contributed by atoms with E-state index >= 15 is 0 Å². The van der Waals surface area contributed by atoms with Crippen molar-refractivity contribution in [1.82, 2.24) is 5.32 Å². The summed E-state index contributed by atoms with van der Waals surface area (Å²) in [6.07, 6.45) is 2.13. The van der Waals surface area contributed by atoms with Gasteiger partial charge in [-0.3, -0.25) is 4.90 Å². The van der Waals surface area contributed by atoms with E-state index in [1.54, 1.807) is 4.90 Å². The van der Waals surface area contributed by atoms with Crippen LogP contribution in [0.1, 0.15) is 19.8 Å². The second-order valence-corrected chi connectivity index (χ2v) is 4.34. The number of hydrogen-bond acceptors (Lipinski definition) is 2. The lowest BCUT2D eigenvalue weighted by Crippen LogP contribution is -2.28. The number of carbonyl (C=O) groups excluding carboxylic acids is 1. The molecule has 1 unspecified atom stereocenters. The molecule has 0 aliphatic carbocycles. The van der Waals surface area contributed by atoms with Crippen LogP contribution < -0.4 is 15.5 Å². The van der Waals surface area contributed by atoms with E-state index in [1.807, 2.05) is 31.3 Å². The lowest BCUT2D eigenvalue weighted by atomic mass is 10.2. The summed E-state index contributed by atoms with van der Waals surface area (Å²) in [7, 11) is 1.88. The molecule has 92 valence electrons. The third-order valence-electron chi connectivity index (χ3n) is 3.08. The Morgan fingerprint density at radius 3 is 2.71 bits per heavy atom. The highest BCUT2D eigenvalue weighted by atomic mass is 16.2. The van der Waals surface area contributed by atoms with E-state index in [9.17, 15) is 4.79 Å². The van der Waals surface area contributed by atoms with Crippen molar-refractivity contribution >= 4 is 17.4 Å². The van der Waals surface area contributed by atoms with Crippen molar-refractivity contribution in [3.63, 3.8) is 0 Å². The van der Waals surface area contributed by atoms with Gasteiger partial charge in [-0.25, -0.2) is 4.79 Å². The average Bonchev–Trinajstić information content (AvgIpc) is 2.71. The lowest BCUT2D eigenvalue weighted by Gasteiger charge is -2.15. The molecule has 1 aromatic carbocycles.